The summed E-state index contributed by atoms with van der Waals surface area (Å²) in [6, 6.07) is 13.8. The van der Waals surface area contributed by atoms with Crippen LogP contribution in [0.4, 0.5) is 5.69 Å². The molecule has 4 amide bonds. The summed E-state index contributed by atoms with van der Waals surface area (Å²) < 4.78 is 5.40. The molecule has 1 aliphatic heterocycles. The first-order valence-corrected chi connectivity index (χ1v) is 14.6. The number of para-hydroxylation sites is 1. The molecule has 2 aliphatic rings. The molecule has 3 atom stereocenters. The van der Waals surface area contributed by atoms with Crippen LogP contribution in [0.3, 0.4) is 0 Å². The van der Waals surface area contributed by atoms with Crippen LogP contribution in [0.1, 0.15) is 50.0 Å². The van der Waals surface area contributed by atoms with Crippen molar-refractivity contribution < 1.29 is 28.7 Å². The van der Waals surface area contributed by atoms with Crippen molar-refractivity contribution in [2.75, 3.05) is 19.0 Å². The lowest BCUT2D eigenvalue weighted by Crippen LogP contribution is -2.54. The second-order valence-corrected chi connectivity index (χ2v) is 11.7. The zero-order valence-electron chi connectivity index (χ0n) is 24.5. The second-order valence-electron chi connectivity index (χ2n) is 11.7. The second kappa shape index (κ2) is 12.7. The van der Waals surface area contributed by atoms with E-state index in [1.165, 1.54) is 4.90 Å². The average Bonchev–Trinajstić information content (AvgIpc) is 3.51. The maximum Gasteiger partial charge on any atom is 0.289 e. The lowest BCUT2D eigenvalue weighted by Gasteiger charge is -2.29. The number of ether oxygens (including phenoxy) is 1. The fourth-order valence-corrected chi connectivity index (χ4v) is 5.48. The zero-order chi connectivity index (χ0) is 30.7. The van der Waals surface area contributed by atoms with E-state index in [0.717, 1.165) is 18.2 Å². The van der Waals surface area contributed by atoms with Crippen LogP contribution in [-0.2, 0) is 19.2 Å². The Morgan fingerprint density at radius 1 is 1.02 bits per heavy atom. The van der Waals surface area contributed by atoms with E-state index in [1.807, 2.05) is 26.0 Å². The Bertz CT molecular complexity index is 1530. The van der Waals surface area contributed by atoms with E-state index >= 15 is 0 Å². The lowest BCUT2D eigenvalue weighted by atomic mass is 10.00. The van der Waals surface area contributed by atoms with E-state index in [-0.39, 0.29) is 36.5 Å². The maximum absolute atomic E-state index is 14.1. The molecule has 3 unspecified atom stereocenters. The van der Waals surface area contributed by atoms with Crippen LogP contribution in [0.15, 0.2) is 54.6 Å². The smallest absolute Gasteiger partial charge is 0.289 e. The Morgan fingerprint density at radius 2 is 1.77 bits per heavy atom. The summed E-state index contributed by atoms with van der Waals surface area (Å²) in [7, 11) is 1.55. The minimum absolute atomic E-state index is 0.00544. The molecule has 43 heavy (non-hydrogen) atoms. The van der Waals surface area contributed by atoms with Crippen LogP contribution in [0.2, 0.25) is 0 Å². The third kappa shape index (κ3) is 6.87. The van der Waals surface area contributed by atoms with Crippen molar-refractivity contribution in [2.45, 2.75) is 57.7 Å². The van der Waals surface area contributed by atoms with Crippen LogP contribution in [0.25, 0.3) is 10.9 Å². The van der Waals surface area contributed by atoms with Gasteiger partial charge in [-0.25, -0.2) is 0 Å². The van der Waals surface area contributed by atoms with Gasteiger partial charge in [-0.15, -0.1) is 0 Å². The molecular weight excluding hydrogens is 550 g/mol. The minimum Gasteiger partial charge on any atom is -0.496 e. The summed E-state index contributed by atoms with van der Waals surface area (Å²) in [4.78, 5) is 71.2. The number of carbonyl (C=O) groups is 5. The number of hydrogen-bond donors (Lipinski definition) is 4. The number of nitrogens with one attached hydrogen (secondary N) is 4. The zero-order valence-corrected chi connectivity index (χ0v) is 24.5. The number of ketones is 1. The number of nitrogens with zero attached hydrogens (tertiary/aromatic N) is 1. The SMILES string of the molecule is COc1cccc2[nH]c(C(=O)NC(CC(C)C)C(=O)N3CC(C(=O)Nc4ccccc4)CC3C(=O)C(=O)NC3CC3)cc12. The molecule has 0 bridgehead atoms. The van der Waals surface area contributed by atoms with Crippen LogP contribution >= 0.6 is 0 Å². The quantitative estimate of drug-likeness (QED) is 0.253. The molecule has 11 heteroatoms. The number of Topliss-reactive ketones (excluding diaryl/α,β-unsaturated/α-hetero) is 1. The number of aromatic nitrogens is 1. The number of methoxy groups -OCH3 is 1. The largest absolute Gasteiger partial charge is 0.496 e. The predicted octanol–water partition coefficient (Wildman–Crippen LogP) is 3.02. The third-order valence-electron chi connectivity index (χ3n) is 7.83. The number of aromatic amines is 1. The summed E-state index contributed by atoms with van der Waals surface area (Å²) in [5, 5.41) is 9.10. The van der Waals surface area contributed by atoms with Gasteiger partial charge >= 0.3 is 0 Å². The van der Waals surface area contributed by atoms with Gasteiger partial charge in [0.1, 0.15) is 23.5 Å². The predicted molar refractivity (Wildman–Crippen MR) is 160 cm³/mol. The first kappa shape index (κ1) is 29.8. The number of anilines is 1. The number of hydrogen-bond acceptors (Lipinski definition) is 6. The Hall–Kier alpha value is -4.67. The highest BCUT2D eigenvalue weighted by molar-refractivity contribution is 6.38. The molecule has 1 aliphatic carbocycles. The molecule has 1 aromatic heterocycles. The number of rotatable bonds is 11. The molecule has 11 nitrogen and oxygen atoms in total. The molecule has 0 spiro atoms. The normalized spacial score (nSPS) is 18.7. The van der Waals surface area contributed by atoms with Crippen molar-refractivity contribution in [1.29, 1.82) is 0 Å². The molecule has 4 N–H and O–H groups in total. The van der Waals surface area contributed by atoms with Crippen molar-refractivity contribution in [3.63, 3.8) is 0 Å². The van der Waals surface area contributed by atoms with E-state index in [4.69, 9.17) is 4.74 Å². The number of benzene rings is 2. The standard InChI is InChI=1S/C32H37N5O6/c1-18(2)14-25(36-30(40)24-16-22-23(35-24)10-7-11-27(22)43-3)32(42)37-17-19(29(39)33-20-8-5-4-6-9-20)15-26(37)28(38)31(41)34-21-12-13-21/h4-11,16,18-19,21,25-26,35H,12-15,17H2,1-3H3,(H,33,39)(H,34,41)(H,36,40). The molecule has 3 aromatic rings. The molecular formula is C32H37N5O6. The van der Waals surface area contributed by atoms with Crippen molar-refractivity contribution in [3.05, 3.63) is 60.3 Å². The van der Waals surface area contributed by atoms with Gasteiger partial charge in [-0.2, -0.15) is 0 Å². The van der Waals surface area contributed by atoms with E-state index in [1.54, 1.807) is 49.6 Å². The van der Waals surface area contributed by atoms with Crippen LogP contribution in [0, 0.1) is 11.8 Å². The number of carbonyl (C=O) groups excluding carboxylic acids is 5. The van der Waals surface area contributed by atoms with Gasteiger partial charge in [-0.3, -0.25) is 24.0 Å². The van der Waals surface area contributed by atoms with Gasteiger partial charge in [0.25, 0.3) is 11.8 Å². The third-order valence-corrected chi connectivity index (χ3v) is 7.83. The van der Waals surface area contributed by atoms with Crippen LogP contribution < -0.4 is 20.7 Å². The van der Waals surface area contributed by atoms with Gasteiger partial charge in [0.15, 0.2) is 0 Å². The molecule has 226 valence electrons. The molecule has 2 heterocycles. The fraction of sp³-hybridized carbons (Fsp3) is 0.406. The summed E-state index contributed by atoms with van der Waals surface area (Å²) >= 11 is 0. The number of likely N-dealkylation sites (tertiary alicyclic amines) is 1. The molecule has 2 fully saturated rings. The summed E-state index contributed by atoms with van der Waals surface area (Å²) in [5.74, 6) is -2.97. The van der Waals surface area contributed by atoms with Gasteiger partial charge in [0.05, 0.1) is 13.0 Å². The Morgan fingerprint density at radius 3 is 2.44 bits per heavy atom. The Balaban J connectivity index is 1.38. The van der Waals surface area contributed by atoms with E-state index in [0.29, 0.717) is 23.4 Å². The Kier molecular flexibility index (Phi) is 8.79. The van der Waals surface area contributed by atoms with Crippen LogP contribution in [-0.4, -0.2) is 71.1 Å². The minimum atomic E-state index is -1.12. The molecule has 1 saturated heterocycles. The first-order valence-electron chi connectivity index (χ1n) is 14.6. The number of H-pyrrole nitrogens is 1. The number of fused-ring (bicyclic) bond motifs is 1. The summed E-state index contributed by atoms with van der Waals surface area (Å²) in [5.41, 5.74) is 1.54. The van der Waals surface area contributed by atoms with Crippen molar-refractivity contribution in [2.24, 2.45) is 11.8 Å². The van der Waals surface area contributed by atoms with Crippen molar-refractivity contribution in [1.82, 2.24) is 20.5 Å². The van der Waals surface area contributed by atoms with Gasteiger partial charge in [0, 0.05) is 29.2 Å². The number of amides is 4. The van der Waals surface area contributed by atoms with Crippen LogP contribution in [0.5, 0.6) is 5.75 Å². The maximum atomic E-state index is 14.1. The average molecular weight is 588 g/mol. The van der Waals surface area contributed by atoms with E-state index < -0.39 is 41.5 Å². The van der Waals surface area contributed by atoms with Gasteiger partial charge in [0.2, 0.25) is 17.6 Å². The summed E-state index contributed by atoms with van der Waals surface area (Å²) in [6.07, 6.45) is 1.90. The lowest BCUT2D eigenvalue weighted by molar-refractivity contribution is -0.145. The van der Waals surface area contributed by atoms with Crippen molar-refractivity contribution >= 4 is 46.0 Å². The van der Waals surface area contributed by atoms with Gasteiger partial charge in [-0.05, 0) is 61.9 Å². The topological polar surface area (TPSA) is 150 Å². The monoisotopic (exact) mass is 587 g/mol. The van der Waals surface area contributed by atoms with E-state index in [2.05, 4.69) is 20.9 Å². The highest BCUT2D eigenvalue weighted by atomic mass is 16.5. The fourth-order valence-electron chi connectivity index (χ4n) is 5.48. The Labute approximate surface area is 249 Å². The highest BCUT2D eigenvalue weighted by Crippen LogP contribution is 2.29. The highest BCUT2D eigenvalue weighted by Gasteiger charge is 2.46. The molecule has 5 rings (SSSR count). The molecule has 1 saturated carbocycles. The van der Waals surface area contributed by atoms with E-state index in [9.17, 15) is 24.0 Å². The first-order chi connectivity index (χ1) is 20.6. The van der Waals surface area contributed by atoms with Gasteiger partial charge in [-0.1, -0.05) is 38.1 Å². The van der Waals surface area contributed by atoms with Gasteiger partial charge < -0.3 is 30.6 Å². The molecule has 0 radical (unpaired) electrons. The molecule has 2 aromatic carbocycles. The van der Waals surface area contributed by atoms with Crippen molar-refractivity contribution in [3.8, 4) is 5.75 Å². The summed E-state index contributed by atoms with van der Waals surface area (Å²) in [6.45, 7) is 3.79.